The van der Waals surface area contributed by atoms with E-state index in [0.717, 1.165) is 27.6 Å². The van der Waals surface area contributed by atoms with Crippen molar-refractivity contribution in [3.8, 4) is 0 Å². The summed E-state index contributed by atoms with van der Waals surface area (Å²) in [4.78, 5) is 44.2. The lowest BCUT2D eigenvalue weighted by molar-refractivity contribution is -0.140. The number of nitrogens with two attached hydrogens (primary N) is 1. The summed E-state index contributed by atoms with van der Waals surface area (Å²) in [6.07, 6.45) is 3.62. The van der Waals surface area contributed by atoms with Crippen molar-refractivity contribution in [2.45, 2.75) is 39.3 Å². The highest BCUT2D eigenvalue weighted by Gasteiger charge is 2.33. The first-order valence-electron chi connectivity index (χ1n) is 13.3. The van der Waals surface area contributed by atoms with Crippen LogP contribution in [0.2, 0.25) is 0 Å². The molecule has 0 fully saturated rings. The molecule has 0 bridgehead atoms. The Balaban J connectivity index is 1.68. The molecule has 0 radical (unpaired) electrons. The first kappa shape index (κ1) is 28.3. The average molecular weight is 573 g/mol. The molecular weight excluding hydrogens is 540 g/mol. The summed E-state index contributed by atoms with van der Waals surface area (Å²) in [6, 6.07) is 14.9. The second-order valence-electron chi connectivity index (χ2n) is 10.2. The lowest BCUT2D eigenvalue weighted by Gasteiger charge is -2.25. The topological polar surface area (TPSA) is 118 Å². The molecule has 2 N–H and O–H groups in total. The highest BCUT2D eigenvalue weighted by atomic mass is 32.1. The van der Waals surface area contributed by atoms with Crippen LogP contribution < -0.4 is 20.6 Å². The number of para-hydroxylation sites is 1. The number of aromatic nitrogens is 2. The summed E-state index contributed by atoms with van der Waals surface area (Å²) in [5.41, 5.74) is 9.56. The minimum Gasteiger partial charge on any atom is -0.460 e. The molecule has 0 saturated heterocycles. The van der Waals surface area contributed by atoms with Gasteiger partial charge in [-0.1, -0.05) is 67.6 Å². The normalized spacial score (nSPS) is 15.3. The second-order valence-corrected chi connectivity index (χ2v) is 11.2. The summed E-state index contributed by atoms with van der Waals surface area (Å²) in [5, 5.41) is 0.888. The molecule has 3 heterocycles. The number of nitrogens with zero attached hydrogens (tertiary/aromatic N) is 3. The van der Waals surface area contributed by atoms with Crippen LogP contribution in [0.25, 0.3) is 17.0 Å². The SMILES string of the molecule is COCCOC(=O)C1=C(C)N=c2sc(=Cc3cn(CC(N)=O)c4ccccc34)c(=O)n2C1c1ccc(C(C)C)cc1. The molecule has 2 aromatic heterocycles. The van der Waals surface area contributed by atoms with Gasteiger partial charge in [0.05, 0.1) is 28.5 Å². The van der Waals surface area contributed by atoms with E-state index in [-0.39, 0.29) is 25.3 Å². The molecule has 9 nitrogen and oxygen atoms in total. The summed E-state index contributed by atoms with van der Waals surface area (Å²) in [6.45, 7) is 6.36. The van der Waals surface area contributed by atoms with Crippen LogP contribution in [0.15, 0.2) is 75.8 Å². The van der Waals surface area contributed by atoms with Crippen molar-refractivity contribution in [2.24, 2.45) is 10.7 Å². The van der Waals surface area contributed by atoms with Gasteiger partial charge in [0.1, 0.15) is 13.2 Å². The zero-order chi connectivity index (χ0) is 29.3. The number of benzene rings is 2. The molecule has 41 heavy (non-hydrogen) atoms. The fraction of sp³-hybridized carbons (Fsp3) is 0.290. The maximum absolute atomic E-state index is 14.0. The molecule has 1 unspecified atom stereocenters. The van der Waals surface area contributed by atoms with Gasteiger partial charge < -0.3 is 19.8 Å². The third kappa shape index (κ3) is 5.53. The molecule has 212 valence electrons. The van der Waals surface area contributed by atoms with Crippen molar-refractivity contribution >= 4 is 40.2 Å². The standard InChI is InChI=1S/C31H32N4O5S/c1-18(2)20-9-11-21(12-10-20)28-27(30(38)40-14-13-39-4)19(3)33-31-35(28)29(37)25(41-31)15-22-16-34(17-26(32)36)24-8-6-5-7-23(22)24/h5-12,15-16,18,28H,13-14,17H2,1-4H3,(H2,32,36). The number of hydrogen-bond acceptors (Lipinski definition) is 7. The molecule has 5 rings (SSSR count). The Bertz CT molecular complexity index is 1840. The predicted molar refractivity (Wildman–Crippen MR) is 158 cm³/mol. The highest BCUT2D eigenvalue weighted by Crippen LogP contribution is 2.31. The molecular formula is C31H32N4O5S. The van der Waals surface area contributed by atoms with E-state index in [9.17, 15) is 14.4 Å². The third-order valence-electron chi connectivity index (χ3n) is 7.11. The quantitative estimate of drug-likeness (QED) is 0.244. The van der Waals surface area contributed by atoms with Crippen LogP contribution in [0.5, 0.6) is 0 Å². The van der Waals surface area contributed by atoms with Gasteiger partial charge >= 0.3 is 5.97 Å². The molecule has 4 aromatic rings. The molecule has 1 aliphatic rings. The maximum atomic E-state index is 14.0. The van der Waals surface area contributed by atoms with Gasteiger partial charge in [0, 0.05) is 29.8 Å². The van der Waals surface area contributed by atoms with E-state index in [4.69, 9.17) is 15.2 Å². The number of esters is 1. The van der Waals surface area contributed by atoms with E-state index in [0.29, 0.717) is 26.5 Å². The number of rotatable bonds is 9. The van der Waals surface area contributed by atoms with E-state index >= 15 is 0 Å². The molecule has 10 heteroatoms. The zero-order valence-electron chi connectivity index (χ0n) is 23.4. The minimum absolute atomic E-state index is 0.0235. The molecule has 0 spiro atoms. The number of carbonyl (C=O) groups excluding carboxylic acids is 2. The Labute approximate surface area is 240 Å². The van der Waals surface area contributed by atoms with Gasteiger partial charge in [0.15, 0.2) is 4.80 Å². The Hall–Kier alpha value is -4.28. The zero-order valence-corrected chi connectivity index (χ0v) is 24.2. The van der Waals surface area contributed by atoms with Crippen LogP contribution >= 0.6 is 11.3 Å². The Morgan fingerprint density at radius 2 is 1.85 bits per heavy atom. The van der Waals surface area contributed by atoms with Gasteiger partial charge in [-0.15, -0.1) is 0 Å². The van der Waals surface area contributed by atoms with Crippen LogP contribution in [0.4, 0.5) is 0 Å². The number of amides is 1. The second kappa shape index (κ2) is 11.7. The van der Waals surface area contributed by atoms with E-state index in [2.05, 4.69) is 18.8 Å². The first-order chi connectivity index (χ1) is 19.7. The predicted octanol–water partition coefficient (Wildman–Crippen LogP) is 2.99. The lowest BCUT2D eigenvalue weighted by Crippen LogP contribution is -2.40. The van der Waals surface area contributed by atoms with Gasteiger partial charge in [-0.05, 0) is 36.1 Å². The molecule has 0 saturated carbocycles. The van der Waals surface area contributed by atoms with Crippen LogP contribution in [0.1, 0.15) is 49.4 Å². The van der Waals surface area contributed by atoms with E-state index in [1.54, 1.807) is 22.1 Å². The molecule has 1 aliphatic heterocycles. The number of fused-ring (bicyclic) bond motifs is 2. The van der Waals surface area contributed by atoms with Gasteiger partial charge in [-0.3, -0.25) is 14.2 Å². The van der Waals surface area contributed by atoms with E-state index < -0.39 is 17.9 Å². The molecule has 1 atom stereocenters. The summed E-state index contributed by atoms with van der Waals surface area (Å²) < 4.78 is 14.3. The summed E-state index contributed by atoms with van der Waals surface area (Å²) >= 11 is 1.26. The number of thiazole rings is 1. The molecule has 2 aromatic carbocycles. The van der Waals surface area contributed by atoms with Crippen molar-refractivity contribution in [3.63, 3.8) is 0 Å². The number of methoxy groups -OCH3 is 1. The van der Waals surface area contributed by atoms with Crippen LogP contribution in [-0.2, 0) is 25.6 Å². The molecule has 1 amide bonds. The number of hydrogen-bond donors (Lipinski definition) is 1. The van der Waals surface area contributed by atoms with Crippen molar-refractivity contribution in [3.05, 3.63) is 102 Å². The number of primary amides is 1. The Morgan fingerprint density at radius 1 is 1.12 bits per heavy atom. The van der Waals surface area contributed by atoms with E-state index in [1.807, 2.05) is 54.7 Å². The van der Waals surface area contributed by atoms with Gasteiger partial charge in [0.25, 0.3) is 5.56 Å². The largest absolute Gasteiger partial charge is 0.460 e. The fourth-order valence-electron chi connectivity index (χ4n) is 5.09. The number of ether oxygens (including phenoxy) is 2. The van der Waals surface area contributed by atoms with Crippen molar-refractivity contribution in [1.82, 2.24) is 9.13 Å². The van der Waals surface area contributed by atoms with Crippen molar-refractivity contribution in [1.29, 1.82) is 0 Å². The maximum Gasteiger partial charge on any atom is 0.338 e. The number of carbonyl (C=O) groups is 2. The van der Waals surface area contributed by atoms with Crippen LogP contribution in [0, 0.1) is 0 Å². The third-order valence-corrected chi connectivity index (χ3v) is 8.10. The first-order valence-corrected chi connectivity index (χ1v) is 14.2. The fourth-order valence-corrected chi connectivity index (χ4v) is 6.12. The van der Waals surface area contributed by atoms with Crippen molar-refractivity contribution < 1.29 is 19.1 Å². The lowest BCUT2D eigenvalue weighted by atomic mass is 9.93. The van der Waals surface area contributed by atoms with Gasteiger partial charge in [-0.25, -0.2) is 9.79 Å². The smallest absolute Gasteiger partial charge is 0.338 e. The Morgan fingerprint density at radius 3 is 2.54 bits per heavy atom. The van der Waals surface area contributed by atoms with Gasteiger partial charge in [-0.2, -0.15) is 0 Å². The monoisotopic (exact) mass is 572 g/mol. The Kier molecular flexibility index (Phi) is 8.05. The molecule has 0 aliphatic carbocycles. The van der Waals surface area contributed by atoms with Crippen LogP contribution in [-0.4, -0.2) is 41.3 Å². The van der Waals surface area contributed by atoms with Gasteiger partial charge in [0.2, 0.25) is 5.91 Å². The summed E-state index contributed by atoms with van der Waals surface area (Å²) in [5.74, 6) is -0.663. The van der Waals surface area contributed by atoms with Crippen molar-refractivity contribution in [2.75, 3.05) is 20.3 Å². The number of allylic oxidation sites excluding steroid dienone is 1. The average Bonchev–Trinajstić information content (AvgIpc) is 3.44. The minimum atomic E-state index is -0.708. The highest BCUT2D eigenvalue weighted by molar-refractivity contribution is 7.07. The van der Waals surface area contributed by atoms with E-state index in [1.165, 1.54) is 18.4 Å². The van der Waals surface area contributed by atoms with Crippen LogP contribution in [0.3, 0.4) is 0 Å². The summed E-state index contributed by atoms with van der Waals surface area (Å²) in [7, 11) is 1.54.